The predicted molar refractivity (Wildman–Crippen MR) is 109 cm³/mol. The molecule has 0 radical (unpaired) electrons. The zero-order chi connectivity index (χ0) is 19.4. The van der Waals surface area contributed by atoms with Gasteiger partial charge in [0.25, 0.3) is 0 Å². The summed E-state index contributed by atoms with van der Waals surface area (Å²) in [6.07, 6.45) is 0. The van der Waals surface area contributed by atoms with Crippen molar-refractivity contribution in [2.24, 2.45) is 0 Å². The molecule has 144 valence electrons. The van der Waals surface area contributed by atoms with Crippen LogP contribution in [0.1, 0.15) is 26.3 Å². The van der Waals surface area contributed by atoms with E-state index in [0.29, 0.717) is 31.9 Å². The predicted octanol–water partition coefficient (Wildman–Crippen LogP) is 3.88. The SMILES string of the molecule is CC(C)(C)c1ccc(NCC(=O)N2CCN(c3ccccc3F)CC2)cc1. The highest BCUT2D eigenvalue weighted by Gasteiger charge is 2.22. The number of carbonyl (C=O) groups is 1. The maximum Gasteiger partial charge on any atom is 0.241 e. The van der Waals surface area contributed by atoms with Gasteiger partial charge in [-0.3, -0.25) is 4.79 Å². The number of piperazine rings is 1. The standard InChI is InChI=1S/C22H28FN3O/c1-22(2,3)17-8-10-18(11-9-17)24-16-21(27)26-14-12-25(13-15-26)20-7-5-4-6-19(20)23/h4-11,24H,12-16H2,1-3H3. The van der Waals surface area contributed by atoms with Crippen molar-refractivity contribution in [1.29, 1.82) is 0 Å². The summed E-state index contributed by atoms with van der Waals surface area (Å²) >= 11 is 0. The van der Waals surface area contributed by atoms with Gasteiger partial charge >= 0.3 is 0 Å². The van der Waals surface area contributed by atoms with Crippen LogP contribution in [0.5, 0.6) is 0 Å². The molecule has 1 aliphatic rings. The summed E-state index contributed by atoms with van der Waals surface area (Å²) in [5.41, 5.74) is 2.94. The van der Waals surface area contributed by atoms with E-state index < -0.39 is 0 Å². The van der Waals surface area contributed by atoms with E-state index in [1.807, 2.05) is 28.0 Å². The van der Waals surface area contributed by atoms with E-state index in [4.69, 9.17) is 0 Å². The van der Waals surface area contributed by atoms with Crippen molar-refractivity contribution < 1.29 is 9.18 Å². The summed E-state index contributed by atoms with van der Waals surface area (Å²) in [7, 11) is 0. The van der Waals surface area contributed by atoms with Crippen molar-refractivity contribution in [1.82, 2.24) is 4.90 Å². The third-order valence-electron chi connectivity index (χ3n) is 5.02. The summed E-state index contributed by atoms with van der Waals surface area (Å²) in [5, 5.41) is 3.21. The fraction of sp³-hybridized carbons (Fsp3) is 0.409. The van der Waals surface area contributed by atoms with Crippen molar-refractivity contribution in [3.63, 3.8) is 0 Å². The van der Waals surface area contributed by atoms with Crippen LogP contribution in [0, 0.1) is 5.82 Å². The number of carbonyl (C=O) groups excluding carboxylic acids is 1. The lowest BCUT2D eigenvalue weighted by atomic mass is 9.87. The summed E-state index contributed by atoms with van der Waals surface area (Å²) in [6.45, 7) is 9.32. The smallest absolute Gasteiger partial charge is 0.241 e. The molecule has 0 saturated carbocycles. The van der Waals surface area contributed by atoms with Crippen LogP contribution < -0.4 is 10.2 Å². The minimum absolute atomic E-state index is 0.0723. The number of rotatable bonds is 4. The monoisotopic (exact) mass is 369 g/mol. The van der Waals surface area contributed by atoms with Gasteiger partial charge in [0, 0.05) is 31.9 Å². The van der Waals surface area contributed by atoms with Crippen LogP contribution in [-0.2, 0) is 10.2 Å². The van der Waals surface area contributed by atoms with Crippen molar-refractivity contribution >= 4 is 17.3 Å². The summed E-state index contributed by atoms with van der Waals surface area (Å²) in [4.78, 5) is 16.3. The maximum atomic E-state index is 13.9. The lowest BCUT2D eigenvalue weighted by molar-refractivity contribution is -0.129. The second-order valence-electron chi connectivity index (χ2n) is 8.00. The number of nitrogens with one attached hydrogen (secondary N) is 1. The number of hydrogen-bond acceptors (Lipinski definition) is 3. The number of nitrogens with zero attached hydrogens (tertiary/aromatic N) is 2. The molecule has 4 nitrogen and oxygen atoms in total. The van der Waals surface area contributed by atoms with Crippen LogP contribution in [0.2, 0.25) is 0 Å². The molecule has 0 bridgehead atoms. The quantitative estimate of drug-likeness (QED) is 0.888. The van der Waals surface area contributed by atoms with Crippen LogP contribution in [0.15, 0.2) is 48.5 Å². The summed E-state index contributed by atoms with van der Waals surface area (Å²) in [6, 6.07) is 15.0. The van der Waals surface area contributed by atoms with Crippen molar-refractivity contribution in [2.75, 3.05) is 42.9 Å². The fourth-order valence-electron chi connectivity index (χ4n) is 3.28. The number of amides is 1. The zero-order valence-corrected chi connectivity index (χ0v) is 16.3. The van der Waals surface area contributed by atoms with E-state index in [9.17, 15) is 9.18 Å². The highest BCUT2D eigenvalue weighted by Crippen LogP contribution is 2.23. The van der Waals surface area contributed by atoms with Crippen LogP contribution in [0.25, 0.3) is 0 Å². The zero-order valence-electron chi connectivity index (χ0n) is 16.3. The second-order valence-corrected chi connectivity index (χ2v) is 8.00. The Morgan fingerprint density at radius 3 is 2.22 bits per heavy atom. The summed E-state index contributed by atoms with van der Waals surface area (Å²) in [5.74, 6) is -0.138. The molecule has 0 spiro atoms. The normalized spacial score (nSPS) is 15.0. The van der Waals surface area contributed by atoms with Gasteiger partial charge in [-0.1, -0.05) is 45.0 Å². The molecule has 0 unspecified atom stereocenters. The van der Waals surface area contributed by atoms with Gasteiger partial charge in [-0.15, -0.1) is 0 Å². The van der Waals surface area contributed by atoms with Gasteiger partial charge in [0.05, 0.1) is 12.2 Å². The Morgan fingerprint density at radius 1 is 1.00 bits per heavy atom. The number of hydrogen-bond donors (Lipinski definition) is 1. The average Bonchev–Trinajstić information content (AvgIpc) is 2.66. The van der Waals surface area contributed by atoms with Crippen LogP contribution in [0.4, 0.5) is 15.8 Å². The Hall–Kier alpha value is -2.56. The van der Waals surface area contributed by atoms with Crippen molar-refractivity contribution in [3.05, 3.63) is 59.9 Å². The van der Waals surface area contributed by atoms with Gasteiger partial charge in [-0.05, 0) is 35.2 Å². The topological polar surface area (TPSA) is 35.6 Å². The van der Waals surface area contributed by atoms with Gasteiger partial charge < -0.3 is 15.1 Å². The molecule has 1 aliphatic heterocycles. The first kappa shape index (κ1) is 19.2. The van der Waals surface area contributed by atoms with E-state index in [1.54, 1.807) is 12.1 Å². The van der Waals surface area contributed by atoms with E-state index >= 15 is 0 Å². The van der Waals surface area contributed by atoms with Gasteiger partial charge in [-0.2, -0.15) is 0 Å². The molecule has 3 rings (SSSR count). The van der Waals surface area contributed by atoms with E-state index in [2.05, 4.69) is 38.2 Å². The highest BCUT2D eigenvalue weighted by molar-refractivity contribution is 5.81. The molecule has 1 amide bonds. The lowest BCUT2D eigenvalue weighted by Crippen LogP contribution is -2.50. The van der Waals surface area contributed by atoms with E-state index in [1.165, 1.54) is 11.6 Å². The molecule has 1 N–H and O–H groups in total. The third-order valence-corrected chi connectivity index (χ3v) is 5.02. The highest BCUT2D eigenvalue weighted by atomic mass is 19.1. The van der Waals surface area contributed by atoms with Crippen LogP contribution >= 0.6 is 0 Å². The van der Waals surface area contributed by atoms with Gasteiger partial charge in [0.2, 0.25) is 5.91 Å². The largest absolute Gasteiger partial charge is 0.376 e. The van der Waals surface area contributed by atoms with Gasteiger partial charge in [-0.25, -0.2) is 4.39 Å². The molecule has 1 fully saturated rings. The first-order valence-corrected chi connectivity index (χ1v) is 9.46. The second kappa shape index (κ2) is 7.99. The summed E-state index contributed by atoms with van der Waals surface area (Å²) < 4.78 is 13.9. The Kier molecular flexibility index (Phi) is 5.68. The molecule has 2 aromatic rings. The fourth-order valence-corrected chi connectivity index (χ4v) is 3.28. The minimum atomic E-state index is -0.211. The Balaban J connectivity index is 1.49. The Labute approximate surface area is 161 Å². The Morgan fingerprint density at radius 2 is 1.63 bits per heavy atom. The van der Waals surface area contributed by atoms with E-state index in [-0.39, 0.29) is 23.7 Å². The van der Waals surface area contributed by atoms with Crippen LogP contribution in [0.3, 0.4) is 0 Å². The minimum Gasteiger partial charge on any atom is -0.376 e. The van der Waals surface area contributed by atoms with Gasteiger partial charge in [0.15, 0.2) is 0 Å². The maximum absolute atomic E-state index is 13.9. The molecule has 2 aromatic carbocycles. The molecule has 0 aliphatic carbocycles. The molecule has 1 heterocycles. The van der Waals surface area contributed by atoms with E-state index in [0.717, 1.165) is 5.69 Å². The molecule has 0 aromatic heterocycles. The first-order valence-electron chi connectivity index (χ1n) is 9.46. The third kappa shape index (κ3) is 4.79. The lowest BCUT2D eigenvalue weighted by Gasteiger charge is -2.36. The Bertz CT molecular complexity index is 775. The molecule has 27 heavy (non-hydrogen) atoms. The first-order chi connectivity index (χ1) is 12.8. The van der Waals surface area contributed by atoms with Gasteiger partial charge in [0.1, 0.15) is 5.82 Å². The molecule has 1 saturated heterocycles. The molecule has 0 atom stereocenters. The van der Waals surface area contributed by atoms with Crippen LogP contribution in [-0.4, -0.2) is 43.5 Å². The number of anilines is 2. The molecular weight excluding hydrogens is 341 g/mol. The number of benzene rings is 2. The van der Waals surface area contributed by atoms with Crippen molar-refractivity contribution in [2.45, 2.75) is 26.2 Å². The van der Waals surface area contributed by atoms with Crippen molar-refractivity contribution in [3.8, 4) is 0 Å². The number of para-hydroxylation sites is 1. The number of halogens is 1. The molecule has 5 heteroatoms. The molecular formula is C22H28FN3O. The average molecular weight is 369 g/mol.